The average molecular weight is 278 g/mol. The molecule has 0 atom stereocenters. The summed E-state index contributed by atoms with van der Waals surface area (Å²) in [5.74, 6) is 0. The Morgan fingerprint density at radius 3 is 2.16 bits per heavy atom. The third-order valence-electron chi connectivity index (χ3n) is 2.71. The van der Waals surface area contributed by atoms with Gasteiger partial charge in [-0.1, -0.05) is 56.3 Å². The fourth-order valence-corrected chi connectivity index (χ4v) is 3.50. The van der Waals surface area contributed by atoms with Gasteiger partial charge < -0.3 is 8.85 Å². The predicted molar refractivity (Wildman–Crippen MR) is 83.7 cm³/mol. The molecule has 106 valence electrons. The van der Waals surface area contributed by atoms with Gasteiger partial charge in [-0.3, -0.25) is 0 Å². The van der Waals surface area contributed by atoms with Crippen molar-refractivity contribution in [2.75, 3.05) is 13.2 Å². The molecule has 3 heteroatoms. The maximum atomic E-state index is 5.81. The van der Waals surface area contributed by atoms with Crippen molar-refractivity contribution in [2.45, 2.75) is 39.2 Å². The van der Waals surface area contributed by atoms with Gasteiger partial charge in [-0.2, -0.15) is 0 Å². The van der Waals surface area contributed by atoms with Crippen LogP contribution >= 0.6 is 0 Å². The quantitative estimate of drug-likeness (QED) is 0.478. The van der Waals surface area contributed by atoms with Gasteiger partial charge in [0, 0.05) is 19.3 Å². The Balaban J connectivity index is 2.29. The van der Waals surface area contributed by atoms with E-state index in [2.05, 4.69) is 50.3 Å². The summed E-state index contributed by atoms with van der Waals surface area (Å²) in [6, 6.07) is 11.5. The van der Waals surface area contributed by atoms with E-state index in [-0.39, 0.29) is 0 Å². The predicted octanol–water partition coefficient (Wildman–Crippen LogP) is 3.86. The third kappa shape index (κ3) is 7.98. The zero-order valence-corrected chi connectivity index (χ0v) is 13.3. The Hall–Kier alpha value is -0.903. The van der Waals surface area contributed by atoms with Gasteiger partial charge in [0.2, 0.25) is 0 Å². The van der Waals surface area contributed by atoms with E-state index in [1.165, 1.54) is 5.56 Å². The Labute approximate surface area is 119 Å². The van der Waals surface area contributed by atoms with Crippen LogP contribution in [0.2, 0.25) is 6.04 Å². The molecule has 0 aliphatic carbocycles. The van der Waals surface area contributed by atoms with Crippen LogP contribution in [0.4, 0.5) is 0 Å². The van der Waals surface area contributed by atoms with E-state index < -0.39 is 9.28 Å². The molecule has 0 aliphatic rings. The highest BCUT2D eigenvalue weighted by atomic mass is 28.3. The summed E-state index contributed by atoms with van der Waals surface area (Å²) in [5.41, 5.74) is 1.35. The van der Waals surface area contributed by atoms with Gasteiger partial charge in [0.1, 0.15) is 0 Å². The summed E-state index contributed by atoms with van der Waals surface area (Å²) in [7, 11) is -1.48. The lowest BCUT2D eigenvalue weighted by Crippen LogP contribution is -2.23. The largest absolute Gasteiger partial charge is 0.396 e. The van der Waals surface area contributed by atoms with Crippen molar-refractivity contribution in [2.24, 2.45) is 0 Å². The maximum absolute atomic E-state index is 5.81. The molecular weight excluding hydrogens is 252 g/mol. The van der Waals surface area contributed by atoms with E-state index in [1.54, 1.807) is 0 Å². The molecule has 0 fully saturated rings. The number of rotatable bonds is 10. The second-order valence-electron chi connectivity index (χ2n) is 4.57. The van der Waals surface area contributed by atoms with Crippen LogP contribution in [0.15, 0.2) is 42.5 Å². The Bertz CT molecular complexity index is 330. The molecule has 0 aliphatic heterocycles. The molecule has 0 unspecified atom stereocenters. The summed E-state index contributed by atoms with van der Waals surface area (Å²) in [6.07, 6.45) is 7.55. The van der Waals surface area contributed by atoms with Crippen molar-refractivity contribution >= 4 is 9.28 Å². The summed E-state index contributed by atoms with van der Waals surface area (Å²) >= 11 is 0. The van der Waals surface area contributed by atoms with Gasteiger partial charge in [0.05, 0.1) is 0 Å². The standard InChI is InChI=1S/C16H26O2Si/c1-3-13-17-19(18-14-4-2)15-9-8-12-16-10-6-5-7-11-16/h5-11,19H,3-4,12-15H2,1-2H3. The zero-order valence-electron chi connectivity index (χ0n) is 12.2. The highest BCUT2D eigenvalue weighted by Crippen LogP contribution is 2.04. The molecule has 1 rings (SSSR count). The molecule has 19 heavy (non-hydrogen) atoms. The SMILES string of the molecule is CCCO[SiH](CC=CCc1ccccc1)OCCC. The van der Waals surface area contributed by atoms with Crippen LogP contribution in [0.25, 0.3) is 0 Å². The highest BCUT2D eigenvalue weighted by molar-refractivity contribution is 6.45. The minimum absolute atomic E-state index is 0.827. The summed E-state index contributed by atoms with van der Waals surface area (Å²) in [4.78, 5) is 0. The van der Waals surface area contributed by atoms with Crippen molar-refractivity contribution in [1.29, 1.82) is 0 Å². The summed E-state index contributed by atoms with van der Waals surface area (Å²) in [5, 5.41) is 0. The first-order chi connectivity index (χ1) is 9.36. The molecule has 0 saturated heterocycles. The normalized spacial score (nSPS) is 11.5. The van der Waals surface area contributed by atoms with Crippen LogP contribution in [-0.2, 0) is 15.3 Å². The van der Waals surface area contributed by atoms with E-state index in [0.29, 0.717) is 0 Å². The average Bonchev–Trinajstić information content (AvgIpc) is 2.46. The van der Waals surface area contributed by atoms with E-state index in [0.717, 1.165) is 38.5 Å². The number of benzene rings is 1. The van der Waals surface area contributed by atoms with Crippen molar-refractivity contribution < 1.29 is 8.85 Å². The minimum atomic E-state index is -1.48. The Morgan fingerprint density at radius 1 is 0.947 bits per heavy atom. The van der Waals surface area contributed by atoms with Gasteiger partial charge >= 0.3 is 9.28 Å². The van der Waals surface area contributed by atoms with Crippen LogP contribution in [0.1, 0.15) is 32.3 Å². The van der Waals surface area contributed by atoms with Crippen LogP contribution in [-0.4, -0.2) is 22.5 Å². The first-order valence-corrected chi connectivity index (χ1v) is 9.04. The zero-order chi connectivity index (χ0) is 13.8. The van der Waals surface area contributed by atoms with Crippen molar-refractivity contribution in [1.82, 2.24) is 0 Å². The van der Waals surface area contributed by atoms with Gasteiger partial charge in [-0.05, 0) is 24.8 Å². The first kappa shape index (κ1) is 16.2. The smallest absolute Gasteiger partial charge is 0.325 e. The van der Waals surface area contributed by atoms with Crippen molar-refractivity contribution in [3.05, 3.63) is 48.0 Å². The second kappa shape index (κ2) is 11.0. The molecule has 1 aromatic carbocycles. The fourth-order valence-electron chi connectivity index (χ4n) is 1.72. The van der Waals surface area contributed by atoms with Gasteiger partial charge in [0.15, 0.2) is 0 Å². The molecular formula is C16H26O2Si. The van der Waals surface area contributed by atoms with E-state index >= 15 is 0 Å². The topological polar surface area (TPSA) is 18.5 Å². The molecule has 0 N–H and O–H groups in total. The second-order valence-corrected chi connectivity index (χ2v) is 6.57. The van der Waals surface area contributed by atoms with Gasteiger partial charge in [-0.25, -0.2) is 0 Å². The number of hydrogen-bond acceptors (Lipinski definition) is 2. The Kier molecular flexibility index (Phi) is 9.32. The fraction of sp³-hybridized carbons (Fsp3) is 0.500. The first-order valence-electron chi connectivity index (χ1n) is 7.29. The molecule has 2 nitrogen and oxygen atoms in total. The summed E-state index contributed by atoms with van der Waals surface area (Å²) < 4.78 is 11.6. The van der Waals surface area contributed by atoms with E-state index in [1.807, 2.05) is 6.07 Å². The van der Waals surface area contributed by atoms with Crippen LogP contribution in [0.5, 0.6) is 0 Å². The molecule has 0 heterocycles. The lowest BCUT2D eigenvalue weighted by Gasteiger charge is -2.14. The van der Waals surface area contributed by atoms with Crippen LogP contribution in [0, 0.1) is 0 Å². The van der Waals surface area contributed by atoms with Gasteiger partial charge in [0.25, 0.3) is 0 Å². The monoisotopic (exact) mass is 278 g/mol. The molecule has 0 bridgehead atoms. The molecule has 0 radical (unpaired) electrons. The lowest BCUT2D eigenvalue weighted by molar-refractivity contribution is 0.199. The molecule has 0 amide bonds. The van der Waals surface area contributed by atoms with Crippen LogP contribution in [0.3, 0.4) is 0 Å². The van der Waals surface area contributed by atoms with Crippen molar-refractivity contribution in [3.8, 4) is 0 Å². The number of hydrogen-bond donors (Lipinski definition) is 0. The van der Waals surface area contributed by atoms with Gasteiger partial charge in [-0.15, -0.1) is 0 Å². The molecule has 0 saturated carbocycles. The lowest BCUT2D eigenvalue weighted by atomic mass is 10.1. The summed E-state index contributed by atoms with van der Waals surface area (Å²) in [6.45, 7) is 5.92. The highest BCUT2D eigenvalue weighted by Gasteiger charge is 2.10. The molecule has 0 aromatic heterocycles. The van der Waals surface area contributed by atoms with Crippen molar-refractivity contribution in [3.63, 3.8) is 0 Å². The minimum Gasteiger partial charge on any atom is -0.396 e. The van der Waals surface area contributed by atoms with Crippen LogP contribution < -0.4 is 0 Å². The molecule has 1 aromatic rings. The number of allylic oxidation sites excluding steroid dienone is 2. The maximum Gasteiger partial charge on any atom is 0.325 e. The van der Waals surface area contributed by atoms with E-state index in [4.69, 9.17) is 8.85 Å². The molecule has 0 spiro atoms. The van der Waals surface area contributed by atoms with E-state index in [9.17, 15) is 0 Å². The third-order valence-corrected chi connectivity index (χ3v) is 4.58. The Morgan fingerprint density at radius 2 is 1.58 bits per heavy atom.